The van der Waals surface area contributed by atoms with E-state index in [0.29, 0.717) is 18.5 Å². The largest absolute Gasteiger partial charge is 0.452 e. The Bertz CT molecular complexity index is 889. The highest BCUT2D eigenvalue weighted by atomic mass is 32.2. The number of benzene rings is 1. The molecule has 1 aliphatic rings. The van der Waals surface area contributed by atoms with E-state index in [1.807, 2.05) is 48.5 Å². The van der Waals surface area contributed by atoms with Gasteiger partial charge in [0, 0.05) is 12.6 Å². The number of esters is 1. The summed E-state index contributed by atoms with van der Waals surface area (Å²) in [5.41, 5.74) is 5.48. The number of hydrogen-bond donors (Lipinski definition) is 0. The predicted octanol–water partition coefficient (Wildman–Crippen LogP) is 3.06. The molecule has 29 heavy (non-hydrogen) atoms. The highest BCUT2D eigenvalue weighted by Gasteiger charge is 2.35. The topological polar surface area (TPSA) is 80.8 Å². The Hall–Kier alpha value is -1.89. The number of nitrogens with zero attached hydrogens (tertiary/aromatic N) is 1. The van der Waals surface area contributed by atoms with E-state index in [4.69, 9.17) is 4.74 Å². The summed E-state index contributed by atoms with van der Waals surface area (Å²) in [6.07, 6.45) is 0.434. The zero-order valence-corrected chi connectivity index (χ0v) is 19.4. The third-order valence-electron chi connectivity index (χ3n) is 6.06. The van der Waals surface area contributed by atoms with E-state index in [0.717, 1.165) is 27.8 Å². The molecule has 1 heterocycles. The Kier molecular flexibility index (Phi) is 7.14. The van der Waals surface area contributed by atoms with E-state index in [1.165, 1.54) is 0 Å². The van der Waals surface area contributed by atoms with Gasteiger partial charge in [-0.15, -0.1) is 0 Å². The van der Waals surface area contributed by atoms with Gasteiger partial charge in [-0.2, -0.15) is 0 Å². The third kappa shape index (κ3) is 5.18. The summed E-state index contributed by atoms with van der Waals surface area (Å²) in [6.45, 7) is 13.8. The molecular weight excluding hydrogens is 390 g/mol. The molecule has 0 bridgehead atoms. The molecule has 0 N–H and O–H groups in total. The van der Waals surface area contributed by atoms with Crippen LogP contribution in [-0.2, 0) is 19.4 Å². The molecule has 162 valence electrons. The molecular formula is C22H33NO5S. The minimum Gasteiger partial charge on any atom is -0.452 e. The maximum atomic E-state index is 12.8. The summed E-state index contributed by atoms with van der Waals surface area (Å²) < 4.78 is 29.1. The van der Waals surface area contributed by atoms with E-state index < -0.39 is 15.8 Å². The zero-order valence-electron chi connectivity index (χ0n) is 18.6. The lowest BCUT2D eigenvalue weighted by atomic mass is 9.90. The number of carbonyl (C=O) groups is 2. The van der Waals surface area contributed by atoms with Crippen molar-refractivity contribution in [1.29, 1.82) is 0 Å². The minimum absolute atomic E-state index is 0.0199. The van der Waals surface area contributed by atoms with Crippen molar-refractivity contribution in [3.05, 3.63) is 33.4 Å². The van der Waals surface area contributed by atoms with Gasteiger partial charge in [-0.1, -0.05) is 13.8 Å². The third-order valence-corrected chi connectivity index (χ3v) is 7.81. The van der Waals surface area contributed by atoms with Crippen molar-refractivity contribution >= 4 is 21.7 Å². The number of carbonyl (C=O) groups excluding carboxylic acids is 2. The van der Waals surface area contributed by atoms with Gasteiger partial charge in [0.25, 0.3) is 5.91 Å². The molecule has 0 saturated carbocycles. The monoisotopic (exact) mass is 423 g/mol. The molecule has 1 saturated heterocycles. The molecule has 1 atom stereocenters. The molecule has 1 aromatic carbocycles. The average Bonchev–Trinajstić information content (AvgIpc) is 3.00. The van der Waals surface area contributed by atoms with E-state index in [1.54, 1.807) is 4.90 Å². The maximum absolute atomic E-state index is 12.8. The van der Waals surface area contributed by atoms with Crippen molar-refractivity contribution in [2.45, 2.75) is 60.9 Å². The Labute approximate surface area is 174 Å². The first kappa shape index (κ1) is 23.4. The number of sulfone groups is 1. The van der Waals surface area contributed by atoms with Gasteiger partial charge in [-0.3, -0.25) is 4.79 Å². The molecule has 0 aromatic heterocycles. The van der Waals surface area contributed by atoms with Crippen molar-refractivity contribution in [2.75, 3.05) is 24.7 Å². The molecule has 7 heteroatoms. The van der Waals surface area contributed by atoms with Gasteiger partial charge in [0.15, 0.2) is 16.4 Å². The standard InChI is InChI=1S/C22H33NO5S/c1-13(2)10-23(19-8-9-29(26,27)12-19)20(24)11-28-22(25)21-17(6)15(4)14(3)16(5)18(21)7/h13,19H,8-12H2,1-7H3/t19-/m0/s1. The minimum atomic E-state index is -3.11. The van der Waals surface area contributed by atoms with E-state index in [2.05, 4.69) is 0 Å². The normalized spacial score (nSPS) is 18.1. The Morgan fingerprint density at radius 1 is 1.00 bits per heavy atom. The average molecular weight is 424 g/mol. The molecule has 0 aliphatic carbocycles. The highest BCUT2D eigenvalue weighted by molar-refractivity contribution is 7.91. The van der Waals surface area contributed by atoms with Crippen LogP contribution in [0.4, 0.5) is 0 Å². The molecule has 2 rings (SSSR count). The van der Waals surface area contributed by atoms with Crippen LogP contribution in [0.25, 0.3) is 0 Å². The van der Waals surface area contributed by atoms with E-state index in [9.17, 15) is 18.0 Å². The number of amides is 1. The van der Waals surface area contributed by atoms with Crippen molar-refractivity contribution in [1.82, 2.24) is 4.90 Å². The quantitative estimate of drug-likeness (QED) is 0.657. The highest BCUT2D eigenvalue weighted by Crippen LogP contribution is 2.27. The Balaban J connectivity index is 2.17. The lowest BCUT2D eigenvalue weighted by molar-refractivity contribution is -0.137. The smallest absolute Gasteiger partial charge is 0.339 e. The zero-order chi connectivity index (χ0) is 22.1. The van der Waals surface area contributed by atoms with Crippen LogP contribution >= 0.6 is 0 Å². The molecule has 0 radical (unpaired) electrons. The van der Waals surface area contributed by atoms with Crippen molar-refractivity contribution in [3.63, 3.8) is 0 Å². The molecule has 0 spiro atoms. The number of rotatable bonds is 6. The molecule has 1 amide bonds. The first-order valence-electron chi connectivity index (χ1n) is 10.1. The van der Waals surface area contributed by atoms with Crippen molar-refractivity contribution in [3.8, 4) is 0 Å². The fraction of sp³-hybridized carbons (Fsp3) is 0.636. The van der Waals surface area contributed by atoms with E-state index in [-0.39, 0.29) is 36.0 Å². The summed E-state index contributed by atoms with van der Waals surface area (Å²) in [5.74, 6) is -0.592. The Morgan fingerprint density at radius 2 is 1.52 bits per heavy atom. The molecule has 6 nitrogen and oxygen atoms in total. The number of ether oxygens (including phenoxy) is 1. The molecule has 1 aliphatic heterocycles. The Morgan fingerprint density at radius 3 is 1.97 bits per heavy atom. The van der Waals surface area contributed by atoms with Crippen molar-refractivity contribution in [2.24, 2.45) is 5.92 Å². The van der Waals surface area contributed by atoms with Crippen LogP contribution in [0.15, 0.2) is 0 Å². The first-order chi connectivity index (χ1) is 13.4. The fourth-order valence-electron chi connectivity index (χ4n) is 3.96. The van der Waals surface area contributed by atoms with Gasteiger partial charge in [-0.25, -0.2) is 13.2 Å². The van der Waals surface area contributed by atoms with E-state index >= 15 is 0 Å². The maximum Gasteiger partial charge on any atom is 0.339 e. The van der Waals surface area contributed by atoms with Gasteiger partial charge in [0.2, 0.25) is 0 Å². The molecule has 0 unspecified atom stereocenters. The predicted molar refractivity (Wildman–Crippen MR) is 114 cm³/mol. The van der Waals surface area contributed by atoms with Crippen LogP contribution in [0.2, 0.25) is 0 Å². The van der Waals surface area contributed by atoms with Gasteiger partial charge >= 0.3 is 5.97 Å². The van der Waals surface area contributed by atoms with Crippen LogP contribution in [0.5, 0.6) is 0 Å². The van der Waals surface area contributed by atoms with Gasteiger partial charge in [0.05, 0.1) is 17.1 Å². The fourth-order valence-corrected chi connectivity index (χ4v) is 5.69. The molecule has 1 fully saturated rings. The van der Waals surface area contributed by atoms with Crippen molar-refractivity contribution < 1.29 is 22.7 Å². The summed E-state index contributed by atoms with van der Waals surface area (Å²) in [5, 5.41) is 0. The van der Waals surface area contributed by atoms with Crippen LogP contribution in [-0.4, -0.2) is 55.9 Å². The second kappa shape index (κ2) is 8.86. The van der Waals surface area contributed by atoms with Crippen LogP contribution in [0.1, 0.15) is 58.4 Å². The summed E-state index contributed by atoms with van der Waals surface area (Å²) in [4.78, 5) is 27.2. The van der Waals surface area contributed by atoms with Crippen LogP contribution in [0, 0.1) is 40.5 Å². The summed E-state index contributed by atoms with van der Waals surface area (Å²) >= 11 is 0. The first-order valence-corrected chi connectivity index (χ1v) is 11.9. The van der Waals surface area contributed by atoms with Gasteiger partial charge in [-0.05, 0) is 74.8 Å². The number of hydrogen-bond acceptors (Lipinski definition) is 5. The lowest BCUT2D eigenvalue weighted by Crippen LogP contribution is -2.45. The second-order valence-electron chi connectivity index (χ2n) is 8.57. The lowest BCUT2D eigenvalue weighted by Gasteiger charge is -2.29. The molecule has 1 aromatic rings. The van der Waals surface area contributed by atoms with Gasteiger partial charge in [0.1, 0.15) is 0 Å². The van der Waals surface area contributed by atoms with Gasteiger partial charge < -0.3 is 9.64 Å². The second-order valence-corrected chi connectivity index (χ2v) is 10.8. The van der Waals surface area contributed by atoms with Crippen LogP contribution < -0.4 is 0 Å². The van der Waals surface area contributed by atoms with Crippen LogP contribution in [0.3, 0.4) is 0 Å². The summed E-state index contributed by atoms with van der Waals surface area (Å²) in [7, 11) is -3.11. The SMILES string of the molecule is Cc1c(C)c(C)c(C(=O)OCC(=O)N(CC(C)C)[C@H]2CCS(=O)(=O)C2)c(C)c1C. The summed E-state index contributed by atoms with van der Waals surface area (Å²) in [6, 6.07) is -0.346.